The topological polar surface area (TPSA) is 113 Å². The summed E-state index contributed by atoms with van der Waals surface area (Å²) in [6.07, 6.45) is 1.57. The van der Waals surface area contributed by atoms with E-state index in [4.69, 9.17) is 5.73 Å². The molecule has 1 unspecified atom stereocenters. The molecular formula is C27H28F2N6O3S. The van der Waals surface area contributed by atoms with Crippen molar-refractivity contribution in [2.24, 2.45) is 5.73 Å². The first-order chi connectivity index (χ1) is 18.6. The molecule has 0 aliphatic carbocycles. The highest BCUT2D eigenvalue weighted by molar-refractivity contribution is 7.89. The molecule has 204 valence electrons. The molecule has 0 saturated carbocycles. The van der Waals surface area contributed by atoms with E-state index < -0.39 is 21.6 Å². The van der Waals surface area contributed by atoms with Crippen molar-refractivity contribution in [1.82, 2.24) is 14.3 Å². The van der Waals surface area contributed by atoms with Gasteiger partial charge in [-0.2, -0.15) is 13.1 Å². The van der Waals surface area contributed by atoms with Crippen molar-refractivity contribution in [3.8, 4) is 0 Å². The number of carbonyl (C=O) groups excluding carboxylic acids is 1. The fourth-order valence-electron chi connectivity index (χ4n) is 4.75. The average molecular weight is 555 g/mol. The lowest BCUT2D eigenvalue weighted by atomic mass is 10.1. The zero-order valence-corrected chi connectivity index (χ0v) is 21.9. The number of aromatic nitrogens is 2. The second-order valence-electron chi connectivity index (χ2n) is 9.47. The van der Waals surface area contributed by atoms with Gasteiger partial charge in [0.25, 0.3) is 0 Å². The van der Waals surface area contributed by atoms with Gasteiger partial charge in [0.05, 0.1) is 4.90 Å². The molecule has 0 radical (unpaired) electrons. The zero-order chi connectivity index (χ0) is 27.8. The number of nitrogens with zero attached hydrogens (tertiary/aromatic N) is 5. The highest BCUT2D eigenvalue weighted by Gasteiger charge is 2.37. The fourth-order valence-corrected chi connectivity index (χ4v) is 6.17. The van der Waals surface area contributed by atoms with Gasteiger partial charge in [-0.05, 0) is 30.3 Å². The number of benzene rings is 2. The molecular weight excluding hydrogens is 526 g/mol. The van der Waals surface area contributed by atoms with E-state index in [1.54, 1.807) is 28.0 Å². The van der Waals surface area contributed by atoms with Crippen molar-refractivity contribution in [2.45, 2.75) is 23.3 Å². The highest BCUT2D eigenvalue weighted by atomic mass is 32.2. The van der Waals surface area contributed by atoms with E-state index in [0.29, 0.717) is 12.2 Å². The molecule has 5 rings (SSSR count). The second kappa shape index (κ2) is 10.4. The number of hydrogen-bond donors (Lipinski definition) is 1. The van der Waals surface area contributed by atoms with E-state index in [9.17, 15) is 13.2 Å². The summed E-state index contributed by atoms with van der Waals surface area (Å²) in [5.74, 6) is -3.10. The Bertz CT molecular complexity index is 1480. The SMILES string of the molecule is C=Cc1nc(N2CCN(S(=O)(=O)c3ccc(N4CC(N)CC4=O)cc3)CC2)cc(C(F)(F)c2ccccc2)n1. The number of carbonyl (C=O) groups is 1. The minimum absolute atomic E-state index is 0.0608. The van der Waals surface area contributed by atoms with Crippen LogP contribution in [0.15, 0.2) is 72.1 Å². The van der Waals surface area contributed by atoms with E-state index in [2.05, 4.69) is 16.5 Å². The lowest BCUT2D eigenvalue weighted by molar-refractivity contribution is -0.117. The first-order valence-corrected chi connectivity index (χ1v) is 13.9. The molecule has 2 fully saturated rings. The molecule has 2 saturated heterocycles. The minimum Gasteiger partial charge on any atom is -0.354 e. The maximum Gasteiger partial charge on any atom is 0.315 e. The summed E-state index contributed by atoms with van der Waals surface area (Å²) in [5, 5.41) is 0. The van der Waals surface area contributed by atoms with Crippen LogP contribution in [0, 0.1) is 0 Å². The number of nitrogens with two attached hydrogens (primary N) is 1. The van der Waals surface area contributed by atoms with Crippen molar-refractivity contribution in [1.29, 1.82) is 0 Å². The number of piperazine rings is 1. The highest BCUT2D eigenvalue weighted by Crippen LogP contribution is 2.36. The van der Waals surface area contributed by atoms with Crippen molar-refractivity contribution in [2.75, 3.05) is 42.5 Å². The Labute approximate surface area is 225 Å². The molecule has 0 spiro atoms. The Kier molecular flexibility index (Phi) is 7.19. The van der Waals surface area contributed by atoms with Crippen molar-refractivity contribution >= 4 is 33.5 Å². The maximum absolute atomic E-state index is 15.3. The molecule has 2 aromatic carbocycles. The summed E-state index contributed by atoms with van der Waals surface area (Å²) in [6.45, 7) is 4.80. The molecule has 2 aliphatic rings. The smallest absolute Gasteiger partial charge is 0.315 e. The van der Waals surface area contributed by atoms with Gasteiger partial charge in [-0.3, -0.25) is 4.79 Å². The molecule has 39 heavy (non-hydrogen) atoms. The third-order valence-electron chi connectivity index (χ3n) is 6.87. The Hall–Kier alpha value is -3.74. The number of halogens is 2. The minimum atomic E-state index is -3.80. The van der Waals surface area contributed by atoms with Gasteiger partial charge < -0.3 is 15.5 Å². The summed E-state index contributed by atoms with van der Waals surface area (Å²) < 4.78 is 58.5. The molecule has 9 nitrogen and oxygen atoms in total. The Morgan fingerprint density at radius 3 is 2.26 bits per heavy atom. The van der Waals surface area contributed by atoms with Crippen LogP contribution >= 0.6 is 0 Å². The number of hydrogen-bond acceptors (Lipinski definition) is 7. The van der Waals surface area contributed by atoms with Gasteiger partial charge in [0, 0.05) is 62.5 Å². The molecule has 12 heteroatoms. The molecule has 3 heterocycles. The van der Waals surface area contributed by atoms with Gasteiger partial charge in [0.2, 0.25) is 15.9 Å². The predicted octanol–water partition coefficient (Wildman–Crippen LogP) is 2.83. The lowest BCUT2D eigenvalue weighted by Gasteiger charge is -2.35. The summed E-state index contributed by atoms with van der Waals surface area (Å²) >= 11 is 0. The van der Waals surface area contributed by atoms with Crippen molar-refractivity contribution in [3.63, 3.8) is 0 Å². The second-order valence-corrected chi connectivity index (χ2v) is 11.4. The van der Waals surface area contributed by atoms with E-state index in [0.717, 1.165) is 0 Å². The molecule has 1 amide bonds. The van der Waals surface area contributed by atoms with E-state index in [1.807, 2.05) is 0 Å². The molecule has 3 aromatic rings. The number of alkyl halides is 2. The molecule has 0 bridgehead atoms. The van der Waals surface area contributed by atoms with Crippen LogP contribution < -0.4 is 15.5 Å². The van der Waals surface area contributed by atoms with Gasteiger partial charge in [-0.15, -0.1) is 0 Å². The van der Waals surface area contributed by atoms with Crippen LogP contribution in [0.1, 0.15) is 23.5 Å². The van der Waals surface area contributed by atoms with Crippen LogP contribution in [0.4, 0.5) is 20.3 Å². The molecule has 2 aliphatic heterocycles. The third kappa shape index (κ3) is 5.27. The van der Waals surface area contributed by atoms with Crippen LogP contribution in [0.5, 0.6) is 0 Å². The Morgan fingerprint density at radius 2 is 1.67 bits per heavy atom. The molecule has 2 N–H and O–H groups in total. The van der Waals surface area contributed by atoms with Crippen LogP contribution in [0.2, 0.25) is 0 Å². The van der Waals surface area contributed by atoms with Gasteiger partial charge in [0.1, 0.15) is 11.5 Å². The molecule has 1 aromatic heterocycles. The quantitative estimate of drug-likeness (QED) is 0.478. The van der Waals surface area contributed by atoms with E-state index in [1.165, 1.54) is 52.8 Å². The number of anilines is 2. The predicted molar refractivity (Wildman–Crippen MR) is 144 cm³/mol. The normalized spacial score (nSPS) is 18.9. The lowest BCUT2D eigenvalue weighted by Crippen LogP contribution is -2.49. The monoisotopic (exact) mass is 554 g/mol. The largest absolute Gasteiger partial charge is 0.354 e. The van der Waals surface area contributed by atoms with Crippen LogP contribution in [-0.4, -0.2) is 67.4 Å². The standard InChI is InChI=1S/C27H28F2N6O3S/c1-2-24-31-23(27(28,29)19-6-4-3-5-7-19)17-25(32-24)33-12-14-34(15-13-33)39(37,38)22-10-8-21(9-11-22)35-18-20(30)16-26(35)36/h2-11,17,20H,1,12-16,18,30H2. The van der Waals surface area contributed by atoms with E-state index >= 15 is 8.78 Å². The Balaban J connectivity index is 1.31. The molecule has 1 atom stereocenters. The fraction of sp³-hybridized carbons (Fsp3) is 0.296. The van der Waals surface area contributed by atoms with Gasteiger partial charge >= 0.3 is 5.92 Å². The number of sulfonamides is 1. The van der Waals surface area contributed by atoms with Crippen molar-refractivity contribution in [3.05, 3.63) is 84.3 Å². The third-order valence-corrected chi connectivity index (χ3v) is 8.79. The van der Waals surface area contributed by atoms with E-state index in [-0.39, 0.29) is 66.7 Å². The summed E-state index contributed by atoms with van der Waals surface area (Å²) in [5.41, 5.74) is 5.81. The summed E-state index contributed by atoms with van der Waals surface area (Å²) in [7, 11) is -3.80. The summed E-state index contributed by atoms with van der Waals surface area (Å²) in [4.78, 5) is 23.9. The van der Waals surface area contributed by atoms with Crippen molar-refractivity contribution < 1.29 is 22.0 Å². The van der Waals surface area contributed by atoms with Gasteiger partial charge in [-0.1, -0.05) is 36.9 Å². The van der Waals surface area contributed by atoms with Crippen LogP contribution in [0.25, 0.3) is 6.08 Å². The maximum atomic E-state index is 15.3. The Morgan fingerprint density at radius 1 is 1.00 bits per heavy atom. The number of amides is 1. The number of rotatable bonds is 7. The van der Waals surface area contributed by atoms with Crippen LogP contribution in [-0.2, 0) is 20.7 Å². The van der Waals surface area contributed by atoms with Gasteiger partial charge in [0.15, 0.2) is 5.82 Å². The summed E-state index contributed by atoms with van der Waals surface area (Å²) in [6, 6.07) is 14.6. The average Bonchev–Trinajstić information content (AvgIpc) is 3.30. The first kappa shape index (κ1) is 26.9. The van der Waals surface area contributed by atoms with Crippen LogP contribution in [0.3, 0.4) is 0 Å². The van der Waals surface area contributed by atoms with Gasteiger partial charge in [-0.25, -0.2) is 18.4 Å². The first-order valence-electron chi connectivity index (χ1n) is 12.5. The zero-order valence-electron chi connectivity index (χ0n) is 21.1.